The van der Waals surface area contributed by atoms with Gasteiger partial charge in [-0.1, -0.05) is 50.2 Å². The highest BCUT2D eigenvalue weighted by Gasteiger charge is 2.06. The van der Waals surface area contributed by atoms with Crippen LogP contribution in [0.2, 0.25) is 0 Å². The zero-order chi connectivity index (χ0) is 15.1. The molecule has 1 N–H and O–H groups in total. The fourth-order valence-electron chi connectivity index (χ4n) is 2.00. The number of nitrogens with one attached hydrogen (secondary N) is 1. The smallest absolute Gasteiger partial charge is 0.0896 e. The van der Waals surface area contributed by atoms with Crippen LogP contribution in [0.25, 0.3) is 0 Å². The van der Waals surface area contributed by atoms with E-state index in [1.54, 1.807) is 0 Å². The Bertz CT molecular complexity index is 523. The maximum atomic E-state index is 5.87. The van der Waals surface area contributed by atoms with Crippen molar-refractivity contribution >= 4 is 0 Å². The molecule has 0 aliphatic heterocycles. The Balaban J connectivity index is 1.83. The largest absolute Gasteiger partial charge is 0.368 e. The highest BCUT2D eigenvalue weighted by atomic mass is 16.5. The number of benzene rings is 1. The highest BCUT2D eigenvalue weighted by molar-refractivity contribution is 5.17. The summed E-state index contributed by atoms with van der Waals surface area (Å²) in [5.74, 6) is 0. The van der Waals surface area contributed by atoms with Gasteiger partial charge in [-0.25, -0.2) is 0 Å². The number of hydrogen-bond donors (Lipinski definition) is 1. The first kappa shape index (κ1) is 15.7. The number of nitrogens with zero attached hydrogens (tertiary/aromatic N) is 1. The van der Waals surface area contributed by atoms with Gasteiger partial charge in [0, 0.05) is 18.8 Å². The molecule has 0 bridgehead atoms. The number of pyridine rings is 1. The zero-order valence-electron chi connectivity index (χ0n) is 13.0. The van der Waals surface area contributed by atoms with Gasteiger partial charge in [0.05, 0.1) is 18.4 Å². The minimum absolute atomic E-state index is 0.0790. The second-order valence-electron chi connectivity index (χ2n) is 5.56. The van der Waals surface area contributed by atoms with Crippen molar-refractivity contribution in [1.82, 2.24) is 10.3 Å². The topological polar surface area (TPSA) is 34.1 Å². The van der Waals surface area contributed by atoms with Crippen molar-refractivity contribution in [3.05, 3.63) is 65.5 Å². The van der Waals surface area contributed by atoms with Crippen molar-refractivity contribution in [2.24, 2.45) is 0 Å². The third-order valence-electron chi connectivity index (χ3n) is 3.35. The van der Waals surface area contributed by atoms with E-state index in [0.29, 0.717) is 12.6 Å². The molecule has 1 unspecified atom stereocenters. The molecule has 0 radical (unpaired) electrons. The average molecular weight is 284 g/mol. The second-order valence-corrected chi connectivity index (χ2v) is 5.56. The molecule has 0 fully saturated rings. The minimum Gasteiger partial charge on any atom is -0.368 e. The van der Waals surface area contributed by atoms with Gasteiger partial charge in [0.25, 0.3) is 0 Å². The quantitative estimate of drug-likeness (QED) is 0.838. The van der Waals surface area contributed by atoms with Gasteiger partial charge in [-0.2, -0.15) is 0 Å². The monoisotopic (exact) mass is 284 g/mol. The molecule has 2 aromatic rings. The first-order valence-electron chi connectivity index (χ1n) is 7.49. The van der Waals surface area contributed by atoms with Crippen molar-refractivity contribution < 1.29 is 4.74 Å². The summed E-state index contributed by atoms with van der Waals surface area (Å²) < 4.78 is 5.87. The van der Waals surface area contributed by atoms with Crippen LogP contribution in [0, 0.1) is 0 Å². The lowest BCUT2D eigenvalue weighted by Gasteiger charge is -2.13. The van der Waals surface area contributed by atoms with Crippen molar-refractivity contribution in [1.29, 1.82) is 0 Å². The van der Waals surface area contributed by atoms with E-state index in [1.807, 2.05) is 30.5 Å². The highest BCUT2D eigenvalue weighted by Crippen LogP contribution is 2.17. The first-order chi connectivity index (χ1) is 10.1. The molecule has 0 amide bonds. The lowest BCUT2D eigenvalue weighted by atomic mass is 10.1. The van der Waals surface area contributed by atoms with Crippen molar-refractivity contribution in [2.45, 2.75) is 46.1 Å². The molecule has 1 heterocycles. The Kier molecular flexibility index (Phi) is 5.90. The maximum absolute atomic E-state index is 5.87. The van der Waals surface area contributed by atoms with Gasteiger partial charge < -0.3 is 10.1 Å². The number of aromatic nitrogens is 1. The Morgan fingerprint density at radius 2 is 1.81 bits per heavy atom. The molecule has 1 atom stereocenters. The summed E-state index contributed by atoms with van der Waals surface area (Å²) in [5.41, 5.74) is 3.35. The molecule has 3 nitrogen and oxygen atoms in total. The van der Waals surface area contributed by atoms with E-state index in [4.69, 9.17) is 4.74 Å². The van der Waals surface area contributed by atoms with E-state index in [2.05, 4.69) is 49.3 Å². The molecule has 112 valence electrons. The fourth-order valence-corrected chi connectivity index (χ4v) is 2.00. The molecule has 0 aliphatic rings. The van der Waals surface area contributed by atoms with Crippen LogP contribution >= 0.6 is 0 Å². The lowest BCUT2D eigenvalue weighted by Crippen LogP contribution is -2.21. The van der Waals surface area contributed by atoms with Gasteiger partial charge in [0.2, 0.25) is 0 Å². The summed E-state index contributed by atoms with van der Waals surface area (Å²) in [7, 11) is 0. The molecular weight excluding hydrogens is 260 g/mol. The van der Waals surface area contributed by atoms with E-state index in [1.165, 1.54) is 11.1 Å². The van der Waals surface area contributed by atoms with Gasteiger partial charge in [0.1, 0.15) is 0 Å². The average Bonchev–Trinajstić information content (AvgIpc) is 2.52. The summed E-state index contributed by atoms with van der Waals surface area (Å²) >= 11 is 0. The van der Waals surface area contributed by atoms with Crippen LogP contribution in [-0.4, -0.2) is 11.0 Å². The van der Waals surface area contributed by atoms with E-state index in [0.717, 1.165) is 12.2 Å². The fraction of sp³-hybridized carbons (Fsp3) is 0.389. The molecule has 0 aliphatic carbocycles. The van der Waals surface area contributed by atoms with Crippen LogP contribution in [0.5, 0.6) is 0 Å². The van der Waals surface area contributed by atoms with Crippen LogP contribution < -0.4 is 5.32 Å². The Hall–Kier alpha value is -1.71. The van der Waals surface area contributed by atoms with E-state index >= 15 is 0 Å². The molecule has 0 spiro atoms. The molecule has 0 saturated carbocycles. The molecular formula is C18H24N2O. The minimum atomic E-state index is 0.0790. The third kappa shape index (κ3) is 5.29. The van der Waals surface area contributed by atoms with Crippen LogP contribution in [0.3, 0.4) is 0 Å². The van der Waals surface area contributed by atoms with E-state index < -0.39 is 0 Å². The number of rotatable bonds is 7. The summed E-state index contributed by atoms with van der Waals surface area (Å²) in [5, 5.41) is 3.38. The van der Waals surface area contributed by atoms with Crippen molar-refractivity contribution in [3.63, 3.8) is 0 Å². The van der Waals surface area contributed by atoms with Gasteiger partial charge >= 0.3 is 0 Å². The Morgan fingerprint density at radius 1 is 1.05 bits per heavy atom. The predicted molar refractivity (Wildman–Crippen MR) is 85.9 cm³/mol. The van der Waals surface area contributed by atoms with Crippen LogP contribution in [-0.2, 0) is 17.9 Å². The third-order valence-corrected chi connectivity index (χ3v) is 3.35. The maximum Gasteiger partial charge on any atom is 0.0896 e. The molecule has 1 aromatic carbocycles. The normalized spacial score (nSPS) is 12.6. The Labute approximate surface area is 127 Å². The summed E-state index contributed by atoms with van der Waals surface area (Å²) in [6.45, 7) is 7.73. The zero-order valence-corrected chi connectivity index (χ0v) is 13.0. The van der Waals surface area contributed by atoms with Gasteiger partial charge in [-0.3, -0.25) is 4.98 Å². The summed E-state index contributed by atoms with van der Waals surface area (Å²) in [4.78, 5) is 4.46. The summed E-state index contributed by atoms with van der Waals surface area (Å²) in [6, 6.07) is 14.9. The molecule has 0 saturated heterocycles. The lowest BCUT2D eigenvalue weighted by molar-refractivity contribution is 0.0505. The predicted octanol–water partition coefficient (Wildman–Crippen LogP) is 3.86. The molecule has 2 rings (SSSR count). The molecule has 1 aromatic heterocycles. The summed E-state index contributed by atoms with van der Waals surface area (Å²) in [6.07, 6.45) is 2.00. The van der Waals surface area contributed by atoms with Gasteiger partial charge in [-0.15, -0.1) is 0 Å². The number of ether oxygens (including phenoxy) is 1. The van der Waals surface area contributed by atoms with Crippen molar-refractivity contribution in [2.75, 3.05) is 0 Å². The van der Waals surface area contributed by atoms with Gasteiger partial charge in [-0.05, 0) is 24.1 Å². The van der Waals surface area contributed by atoms with Crippen LogP contribution in [0.4, 0.5) is 0 Å². The van der Waals surface area contributed by atoms with Crippen LogP contribution in [0.1, 0.15) is 43.7 Å². The van der Waals surface area contributed by atoms with Crippen LogP contribution in [0.15, 0.2) is 48.7 Å². The van der Waals surface area contributed by atoms with E-state index in [9.17, 15) is 0 Å². The first-order valence-corrected chi connectivity index (χ1v) is 7.49. The SMILES string of the molecule is CC(C)NCc1ccc(COC(C)c2ccccc2)nc1. The standard InChI is InChI=1S/C18H24N2O/c1-14(2)19-11-16-9-10-18(20-12-16)13-21-15(3)17-7-5-4-6-8-17/h4-10,12,14-15,19H,11,13H2,1-3H3. The number of hydrogen-bond acceptors (Lipinski definition) is 3. The van der Waals surface area contributed by atoms with E-state index in [-0.39, 0.29) is 6.10 Å². The molecule has 21 heavy (non-hydrogen) atoms. The Morgan fingerprint density at radius 3 is 2.43 bits per heavy atom. The van der Waals surface area contributed by atoms with Crippen molar-refractivity contribution in [3.8, 4) is 0 Å². The van der Waals surface area contributed by atoms with Gasteiger partial charge in [0.15, 0.2) is 0 Å². The molecule has 3 heteroatoms. The second kappa shape index (κ2) is 7.91.